The number of rotatable bonds is 5. The van der Waals surface area contributed by atoms with E-state index in [4.69, 9.17) is 9.47 Å². The number of benzene rings is 2. The molecule has 0 aliphatic rings. The maximum Gasteiger partial charge on any atom is 0.265 e. The first-order valence-corrected chi connectivity index (χ1v) is 7.26. The SMILES string of the molecule is COc1ccccc1OC(C)C(=O)Nc1ccccc1Br. The molecular formula is C16H16BrNO3. The number of para-hydroxylation sites is 3. The molecule has 2 aromatic rings. The van der Waals surface area contributed by atoms with Gasteiger partial charge >= 0.3 is 0 Å². The first-order chi connectivity index (χ1) is 10.1. The van der Waals surface area contributed by atoms with Gasteiger partial charge in [-0.15, -0.1) is 0 Å². The van der Waals surface area contributed by atoms with Crippen LogP contribution in [0.4, 0.5) is 5.69 Å². The van der Waals surface area contributed by atoms with Crippen LogP contribution in [-0.4, -0.2) is 19.1 Å². The van der Waals surface area contributed by atoms with Crippen LogP contribution in [0.5, 0.6) is 11.5 Å². The van der Waals surface area contributed by atoms with Gasteiger partial charge in [0, 0.05) is 4.47 Å². The summed E-state index contributed by atoms with van der Waals surface area (Å²) in [7, 11) is 1.56. The van der Waals surface area contributed by atoms with Gasteiger partial charge in [-0.1, -0.05) is 24.3 Å². The molecule has 1 amide bonds. The molecule has 0 heterocycles. The molecule has 110 valence electrons. The third kappa shape index (κ3) is 3.98. The van der Waals surface area contributed by atoms with Crippen molar-refractivity contribution in [2.75, 3.05) is 12.4 Å². The Morgan fingerprint density at radius 3 is 2.38 bits per heavy atom. The molecule has 0 aromatic heterocycles. The zero-order chi connectivity index (χ0) is 15.2. The second kappa shape index (κ2) is 7.13. The topological polar surface area (TPSA) is 47.6 Å². The molecule has 1 unspecified atom stereocenters. The molecule has 0 aliphatic carbocycles. The van der Waals surface area contributed by atoms with E-state index in [1.54, 1.807) is 26.2 Å². The smallest absolute Gasteiger partial charge is 0.265 e. The Bertz CT molecular complexity index is 630. The molecule has 0 radical (unpaired) electrons. The molecule has 0 spiro atoms. The highest BCUT2D eigenvalue weighted by molar-refractivity contribution is 9.10. The molecule has 2 rings (SSSR count). The maximum atomic E-state index is 12.2. The quantitative estimate of drug-likeness (QED) is 0.891. The molecule has 0 saturated heterocycles. The number of ether oxygens (including phenoxy) is 2. The predicted molar refractivity (Wildman–Crippen MR) is 85.9 cm³/mol. The Balaban J connectivity index is 2.05. The zero-order valence-corrected chi connectivity index (χ0v) is 13.4. The lowest BCUT2D eigenvalue weighted by Gasteiger charge is -2.17. The van der Waals surface area contributed by atoms with Crippen LogP contribution in [-0.2, 0) is 4.79 Å². The number of hydrogen-bond acceptors (Lipinski definition) is 3. The Kier molecular flexibility index (Phi) is 5.22. The van der Waals surface area contributed by atoms with Gasteiger partial charge in [-0.25, -0.2) is 0 Å². The monoisotopic (exact) mass is 349 g/mol. The van der Waals surface area contributed by atoms with Crippen molar-refractivity contribution in [3.8, 4) is 11.5 Å². The summed E-state index contributed by atoms with van der Waals surface area (Å²) < 4.78 is 11.7. The Labute approximate surface area is 132 Å². The average Bonchev–Trinajstić information content (AvgIpc) is 2.50. The second-order valence-corrected chi connectivity index (χ2v) is 5.23. The molecular weight excluding hydrogens is 334 g/mol. The summed E-state index contributed by atoms with van der Waals surface area (Å²) in [6.07, 6.45) is -0.645. The molecule has 0 bridgehead atoms. The normalized spacial score (nSPS) is 11.6. The molecule has 0 saturated carbocycles. The Hall–Kier alpha value is -2.01. The third-order valence-electron chi connectivity index (χ3n) is 2.87. The summed E-state index contributed by atoms with van der Waals surface area (Å²) in [6.45, 7) is 1.69. The fraction of sp³-hybridized carbons (Fsp3) is 0.188. The van der Waals surface area contributed by atoms with Gasteiger partial charge in [-0.2, -0.15) is 0 Å². The molecule has 1 atom stereocenters. The van der Waals surface area contributed by atoms with Crippen molar-refractivity contribution < 1.29 is 14.3 Å². The van der Waals surface area contributed by atoms with E-state index >= 15 is 0 Å². The van der Waals surface area contributed by atoms with Crippen LogP contribution in [0.2, 0.25) is 0 Å². The summed E-state index contributed by atoms with van der Waals surface area (Å²) in [5.41, 5.74) is 0.706. The van der Waals surface area contributed by atoms with Crippen molar-refractivity contribution in [3.05, 3.63) is 53.0 Å². The average molecular weight is 350 g/mol. The molecule has 21 heavy (non-hydrogen) atoms. The van der Waals surface area contributed by atoms with Crippen LogP contribution in [0.1, 0.15) is 6.92 Å². The highest BCUT2D eigenvalue weighted by Gasteiger charge is 2.17. The van der Waals surface area contributed by atoms with Crippen molar-refractivity contribution in [2.24, 2.45) is 0 Å². The van der Waals surface area contributed by atoms with Crippen LogP contribution >= 0.6 is 15.9 Å². The minimum atomic E-state index is -0.645. The highest BCUT2D eigenvalue weighted by atomic mass is 79.9. The fourth-order valence-electron chi connectivity index (χ4n) is 1.76. The number of methoxy groups -OCH3 is 1. The number of nitrogens with one attached hydrogen (secondary N) is 1. The van der Waals surface area contributed by atoms with Crippen molar-refractivity contribution in [3.63, 3.8) is 0 Å². The van der Waals surface area contributed by atoms with E-state index in [2.05, 4.69) is 21.2 Å². The van der Waals surface area contributed by atoms with E-state index in [-0.39, 0.29) is 5.91 Å². The van der Waals surface area contributed by atoms with Crippen molar-refractivity contribution in [2.45, 2.75) is 13.0 Å². The number of hydrogen-bond donors (Lipinski definition) is 1. The number of carbonyl (C=O) groups excluding carboxylic acids is 1. The van der Waals surface area contributed by atoms with Gasteiger partial charge in [0.1, 0.15) is 0 Å². The summed E-state index contributed by atoms with van der Waals surface area (Å²) in [5, 5.41) is 2.82. The summed E-state index contributed by atoms with van der Waals surface area (Å²) >= 11 is 3.39. The standard InChI is InChI=1S/C16H16BrNO3/c1-11(21-15-10-6-5-9-14(15)20-2)16(19)18-13-8-4-3-7-12(13)17/h3-11H,1-2H3,(H,18,19). The number of halogens is 1. The van der Waals surface area contributed by atoms with Crippen LogP contribution < -0.4 is 14.8 Å². The summed E-state index contributed by atoms with van der Waals surface area (Å²) in [5.74, 6) is 0.903. The first kappa shape index (κ1) is 15.4. The van der Waals surface area contributed by atoms with Crippen molar-refractivity contribution in [1.29, 1.82) is 0 Å². The van der Waals surface area contributed by atoms with Gasteiger partial charge in [-0.05, 0) is 47.1 Å². The van der Waals surface area contributed by atoms with E-state index < -0.39 is 6.10 Å². The van der Waals surface area contributed by atoms with Gasteiger partial charge < -0.3 is 14.8 Å². The van der Waals surface area contributed by atoms with E-state index in [0.717, 1.165) is 4.47 Å². The van der Waals surface area contributed by atoms with Gasteiger partial charge in [0.2, 0.25) is 0 Å². The van der Waals surface area contributed by atoms with E-state index in [0.29, 0.717) is 17.2 Å². The van der Waals surface area contributed by atoms with Crippen LogP contribution in [0.25, 0.3) is 0 Å². The zero-order valence-electron chi connectivity index (χ0n) is 11.8. The van der Waals surface area contributed by atoms with Gasteiger partial charge in [0.05, 0.1) is 12.8 Å². The second-order valence-electron chi connectivity index (χ2n) is 4.38. The minimum absolute atomic E-state index is 0.229. The van der Waals surface area contributed by atoms with Crippen molar-refractivity contribution >= 4 is 27.5 Å². The molecule has 4 nitrogen and oxygen atoms in total. The van der Waals surface area contributed by atoms with Crippen LogP contribution in [0.15, 0.2) is 53.0 Å². The van der Waals surface area contributed by atoms with E-state index in [9.17, 15) is 4.79 Å². The highest BCUT2D eigenvalue weighted by Crippen LogP contribution is 2.27. The molecule has 1 N–H and O–H groups in total. The lowest BCUT2D eigenvalue weighted by molar-refractivity contribution is -0.122. The molecule has 0 fully saturated rings. The molecule has 2 aromatic carbocycles. The predicted octanol–water partition coefficient (Wildman–Crippen LogP) is 3.86. The maximum absolute atomic E-state index is 12.2. The molecule has 0 aliphatic heterocycles. The summed E-state index contributed by atoms with van der Waals surface area (Å²) in [6, 6.07) is 14.6. The van der Waals surface area contributed by atoms with Gasteiger partial charge in [0.25, 0.3) is 5.91 Å². The van der Waals surface area contributed by atoms with Gasteiger partial charge in [0.15, 0.2) is 17.6 Å². The van der Waals surface area contributed by atoms with Crippen LogP contribution in [0, 0.1) is 0 Å². The van der Waals surface area contributed by atoms with E-state index in [1.807, 2.05) is 36.4 Å². The number of amides is 1. The lowest BCUT2D eigenvalue weighted by atomic mass is 10.3. The third-order valence-corrected chi connectivity index (χ3v) is 3.57. The Morgan fingerprint density at radius 1 is 1.10 bits per heavy atom. The largest absolute Gasteiger partial charge is 0.493 e. The summed E-state index contributed by atoms with van der Waals surface area (Å²) in [4.78, 5) is 12.2. The van der Waals surface area contributed by atoms with Crippen molar-refractivity contribution in [1.82, 2.24) is 0 Å². The fourth-order valence-corrected chi connectivity index (χ4v) is 2.14. The van der Waals surface area contributed by atoms with Gasteiger partial charge in [-0.3, -0.25) is 4.79 Å². The first-order valence-electron chi connectivity index (χ1n) is 6.47. The molecule has 5 heteroatoms. The minimum Gasteiger partial charge on any atom is -0.493 e. The number of anilines is 1. The Morgan fingerprint density at radius 2 is 1.71 bits per heavy atom. The number of carbonyl (C=O) groups is 1. The van der Waals surface area contributed by atoms with E-state index in [1.165, 1.54) is 0 Å². The lowest BCUT2D eigenvalue weighted by Crippen LogP contribution is -2.30. The van der Waals surface area contributed by atoms with Crippen LogP contribution in [0.3, 0.4) is 0 Å².